The van der Waals surface area contributed by atoms with E-state index >= 15 is 0 Å². The summed E-state index contributed by atoms with van der Waals surface area (Å²) in [5, 5.41) is 18.3. The Hall–Kier alpha value is -1.53. The Labute approximate surface area is 115 Å². The number of aliphatic hydroxyl groups is 1. The molecule has 1 aromatic rings. The van der Waals surface area contributed by atoms with Gasteiger partial charge in [0.25, 0.3) is 0 Å². The van der Waals surface area contributed by atoms with Crippen molar-refractivity contribution in [1.82, 2.24) is 0 Å². The number of nitriles is 1. The highest BCUT2D eigenvalue weighted by atomic mass is 16.3. The molecular weight excluding hydrogens is 236 g/mol. The molecule has 0 bridgehead atoms. The van der Waals surface area contributed by atoms with Crippen LogP contribution >= 0.6 is 0 Å². The second kappa shape index (κ2) is 5.63. The molecule has 0 spiro atoms. The molecule has 3 nitrogen and oxygen atoms in total. The molecule has 1 heterocycles. The lowest BCUT2D eigenvalue weighted by Crippen LogP contribution is -2.53. The van der Waals surface area contributed by atoms with Crippen LogP contribution in [0, 0.1) is 17.2 Å². The number of aliphatic hydroxyl groups excluding tert-OH is 1. The van der Waals surface area contributed by atoms with E-state index in [2.05, 4.69) is 30.9 Å². The van der Waals surface area contributed by atoms with Gasteiger partial charge in [0, 0.05) is 24.4 Å². The summed E-state index contributed by atoms with van der Waals surface area (Å²) in [6.45, 7) is 5.75. The van der Waals surface area contributed by atoms with E-state index in [0.29, 0.717) is 11.5 Å². The highest BCUT2D eigenvalue weighted by Crippen LogP contribution is 2.38. The molecule has 1 N–H and O–H groups in total. The molecule has 19 heavy (non-hydrogen) atoms. The maximum absolute atomic E-state index is 9.23. The van der Waals surface area contributed by atoms with Crippen LogP contribution in [-0.4, -0.2) is 23.8 Å². The van der Waals surface area contributed by atoms with Crippen LogP contribution in [0.4, 0.5) is 5.69 Å². The van der Waals surface area contributed by atoms with Crippen molar-refractivity contribution < 1.29 is 5.11 Å². The van der Waals surface area contributed by atoms with E-state index in [-0.39, 0.29) is 12.1 Å². The van der Waals surface area contributed by atoms with Crippen molar-refractivity contribution in [2.24, 2.45) is 5.92 Å². The fourth-order valence-corrected chi connectivity index (χ4v) is 3.22. The molecule has 1 atom stereocenters. The molecule has 1 unspecified atom stereocenters. The molecule has 3 heteroatoms. The van der Waals surface area contributed by atoms with E-state index in [9.17, 15) is 5.11 Å². The topological polar surface area (TPSA) is 47.3 Å². The third kappa shape index (κ3) is 2.74. The maximum atomic E-state index is 9.23. The molecule has 1 saturated heterocycles. The van der Waals surface area contributed by atoms with Gasteiger partial charge in [0.2, 0.25) is 0 Å². The van der Waals surface area contributed by atoms with Crippen molar-refractivity contribution >= 4 is 5.69 Å². The second-order valence-electron chi connectivity index (χ2n) is 5.82. The minimum absolute atomic E-state index is 0.0229. The fraction of sp³-hybridized carbons (Fsp3) is 0.562. The molecule has 2 rings (SSSR count). The van der Waals surface area contributed by atoms with Gasteiger partial charge in [0.05, 0.1) is 11.6 Å². The van der Waals surface area contributed by atoms with Crippen LogP contribution in [0.25, 0.3) is 0 Å². The highest BCUT2D eigenvalue weighted by Gasteiger charge is 2.38. The van der Waals surface area contributed by atoms with Crippen LogP contribution in [-0.2, 0) is 0 Å². The summed E-state index contributed by atoms with van der Waals surface area (Å²) in [4.78, 5) is 2.39. The van der Waals surface area contributed by atoms with Gasteiger partial charge in [-0.15, -0.1) is 0 Å². The first-order valence-electron chi connectivity index (χ1n) is 6.98. The van der Waals surface area contributed by atoms with Crippen LogP contribution in [0.5, 0.6) is 0 Å². The third-order valence-electron chi connectivity index (χ3n) is 4.39. The van der Waals surface area contributed by atoms with Gasteiger partial charge in [0.15, 0.2) is 0 Å². The zero-order chi connectivity index (χ0) is 13.9. The predicted octanol–water partition coefficient (Wildman–Crippen LogP) is 2.94. The van der Waals surface area contributed by atoms with Crippen LogP contribution in [0.3, 0.4) is 0 Å². The maximum Gasteiger partial charge on any atom is 0.0992 e. The Balaban J connectivity index is 2.29. The number of hydrogen-bond donors (Lipinski definition) is 1. The molecule has 1 aliphatic heterocycles. The lowest BCUT2D eigenvalue weighted by Gasteiger charge is -2.49. The van der Waals surface area contributed by atoms with E-state index in [1.54, 1.807) is 0 Å². The van der Waals surface area contributed by atoms with Gasteiger partial charge < -0.3 is 10.0 Å². The Morgan fingerprint density at radius 3 is 2.95 bits per heavy atom. The van der Waals surface area contributed by atoms with Crippen LogP contribution in [0.2, 0.25) is 0 Å². The van der Waals surface area contributed by atoms with Crippen LogP contribution in [0.15, 0.2) is 24.3 Å². The normalized spacial score (nSPS) is 22.0. The summed E-state index contributed by atoms with van der Waals surface area (Å²) in [6, 6.07) is 10.0. The minimum atomic E-state index is 0.0229. The lowest BCUT2D eigenvalue weighted by atomic mass is 9.77. The Morgan fingerprint density at radius 1 is 1.47 bits per heavy atom. The smallest absolute Gasteiger partial charge is 0.0992 e. The number of nitrogens with zero attached hydrogens (tertiary/aromatic N) is 2. The van der Waals surface area contributed by atoms with Crippen molar-refractivity contribution in [2.75, 3.05) is 18.1 Å². The molecule has 0 aromatic heterocycles. The number of anilines is 1. The van der Waals surface area contributed by atoms with Crippen molar-refractivity contribution in [2.45, 2.75) is 38.6 Å². The van der Waals surface area contributed by atoms with Crippen molar-refractivity contribution in [3.63, 3.8) is 0 Å². The van der Waals surface area contributed by atoms with Crippen LogP contribution in [0.1, 0.15) is 38.7 Å². The van der Waals surface area contributed by atoms with Gasteiger partial charge in [-0.05, 0) is 57.2 Å². The van der Waals surface area contributed by atoms with Gasteiger partial charge >= 0.3 is 0 Å². The van der Waals surface area contributed by atoms with E-state index < -0.39 is 0 Å². The number of hydrogen-bond acceptors (Lipinski definition) is 3. The predicted molar refractivity (Wildman–Crippen MR) is 77.0 cm³/mol. The largest absolute Gasteiger partial charge is 0.396 e. The summed E-state index contributed by atoms with van der Waals surface area (Å²) in [6.07, 6.45) is 3.16. The fourth-order valence-electron chi connectivity index (χ4n) is 3.22. The first kappa shape index (κ1) is 13.9. The molecule has 102 valence electrons. The molecule has 1 aromatic carbocycles. The monoisotopic (exact) mass is 258 g/mol. The molecule has 0 radical (unpaired) electrons. The van der Waals surface area contributed by atoms with E-state index in [4.69, 9.17) is 5.26 Å². The van der Waals surface area contributed by atoms with Crippen molar-refractivity contribution in [3.05, 3.63) is 29.8 Å². The second-order valence-corrected chi connectivity index (χ2v) is 5.82. The van der Waals surface area contributed by atoms with Gasteiger partial charge in [-0.3, -0.25) is 0 Å². The van der Waals surface area contributed by atoms with E-state index in [1.165, 1.54) is 6.42 Å². The average Bonchev–Trinajstić information content (AvgIpc) is 2.41. The third-order valence-corrected chi connectivity index (χ3v) is 4.39. The number of piperidine rings is 1. The Morgan fingerprint density at radius 2 is 2.26 bits per heavy atom. The first-order valence-corrected chi connectivity index (χ1v) is 6.98. The quantitative estimate of drug-likeness (QED) is 0.906. The lowest BCUT2D eigenvalue weighted by molar-refractivity contribution is 0.176. The summed E-state index contributed by atoms with van der Waals surface area (Å²) in [7, 11) is 0. The molecular formula is C16H22N2O. The molecule has 0 saturated carbocycles. The SMILES string of the molecule is CC1(C)C(CCO)CCCN1c1cccc(C#N)c1. The van der Waals surface area contributed by atoms with Gasteiger partial charge in [-0.2, -0.15) is 5.26 Å². The molecule has 0 amide bonds. The van der Waals surface area contributed by atoms with E-state index in [1.807, 2.05) is 18.2 Å². The summed E-state index contributed by atoms with van der Waals surface area (Å²) in [5.41, 5.74) is 1.85. The Kier molecular flexibility index (Phi) is 4.11. The van der Waals surface area contributed by atoms with Crippen LogP contribution < -0.4 is 4.90 Å². The summed E-state index contributed by atoms with van der Waals surface area (Å²) in [5.74, 6) is 0.497. The number of benzene rings is 1. The van der Waals surface area contributed by atoms with Gasteiger partial charge in [0.1, 0.15) is 0 Å². The zero-order valence-corrected chi connectivity index (χ0v) is 11.8. The van der Waals surface area contributed by atoms with Gasteiger partial charge in [-0.1, -0.05) is 6.07 Å². The first-order chi connectivity index (χ1) is 9.09. The summed E-state index contributed by atoms with van der Waals surface area (Å²) < 4.78 is 0. The standard InChI is InChI=1S/C16H22N2O/c1-16(2)14(8-10-19)6-4-9-18(16)15-7-3-5-13(11-15)12-17/h3,5,7,11,14,19H,4,6,8-10H2,1-2H3. The zero-order valence-electron chi connectivity index (χ0n) is 11.8. The molecule has 1 fully saturated rings. The number of rotatable bonds is 3. The highest BCUT2D eigenvalue weighted by molar-refractivity contribution is 5.53. The van der Waals surface area contributed by atoms with Crippen molar-refractivity contribution in [3.8, 4) is 6.07 Å². The summed E-state index contributed by atoms with van der Waals surface area (Å²) >= 11 is 0. The Bertz CT molecular complexity index is 474. The minimum Gasteiger partial charge on any atom is -0.396 e. The van der Waals surface area contributed by atoms with E-state index in [0.717, 1.165) is 25.1 Å². The average molecular weight is 258 g/mol. The molecule has 1 aliphatic rings. The van der Waals surface area contributed by atoms with Gasteiger partial charge in [-0.25, -0.2) is 0 Å². The molecule has 0 aliphatic carbocycles. The van der Waals surface area contributed by atoms with Crippen molar-refractivity contribution in [1.29, 1.82) is 5.26 Å².